The molecular weight excluding hydrogens is 229 g/mol. The van der Waals surface area contributed by atoms with Gasteiger partial charge in [0.1, 0.15) is 5.82 Å². The molecule has 0 amide bonds. The van der Waals surface area contributed by atoms with Crippen molar-refractivity contribution in [2.75, 3.05) is 0 Å². The second kappa shape index (κ2) is 6.21. The first-order chi connectivity index (χ1) is 8.79. The van der Waals surface area contributed by atoms with E-state index in [9.17, 15) is 4.39 Å². The summed E-state index contributed by atoms with van der Waals surface area (Å²) in [5, 5.41) is 11.2. The average Bonchev–Trinajstić information content (AvgIpc) is 2.42. The standard InChI is InChI=1S/C14H16FN3/c1-2-14(11-5-7-12(15)8-6-11)16-10-13-4-3-9-17-18-13/h3-9,14,16H,2,10H2,1H3. The van der Waals surface area contributed by atoms with Crippen molar-refractivity contribution < 1.29 is 4.39 Å². The first kappa shape index (κ1) is 12.6. The molecule has 2 aromatic rings. The van der Waals surface area contributed by atoms with E-state index >= 15 is 0 Å². The van der Waals surface area contributed by atoms with Crippen LogP contribution in [0.1, 0.15) is 30.6 Å². The molecule has 0 fully saturated rings. The lowest BCUT2D eigenvalue weighted by Crippen LogP contribution is -2.21. The predicted octanol–water partition coefficient (Wildman–Crippen LogP) is 2.86. The third-order valence-corrected chi connectivity index (χ3v) is 2.84. The van der Waals surface area contributed by atoms with Gasteiger partial charge in [-0.3, -0.25) is 0 Å². The Morgan fingerprint density at radius 1 is 1.22 bits per heavy atom. The largest absolute Gasteiger partial charge is 0.304 e. The van der Waals surface area contributed by atoms with Crippen molar-refractivity contribution in [1.29, 1.82) is 0 Å². The highest BCUT2D eigenvalue weighted by atomic mass is 19.1. The minimum Gasteiger partial charge on any atom is -0.304 e. The minimum absolute atomic E-state index is 0.201. The summed E-state index contributed by atoms with van der Waals surface area (Å²) < 4.78 is 12.9. The molecule has 0 radical (unpaired) electrons. The summed E-state index contributed by atoms with van der Waals surface area (Å²) in [5.41, 5.74) is 1.99. The van der Waals surface area contributed by atoms with E-state index in [-0.39, 0.29) is 11.9 Å². The number of halogens is 1. The predicted molar refractivity (Wildman–Crippen MR) is 68.3 cm³/mol. The van der Waals surface area contributed by atoms with Crippen molar-refractivity contribution in [2.45, 2.75) is 25.9 Å². The summed E-state index contributed by atoms with van der Waals surface area (Å²) in [6.07, 6.45) is 2.59. The third-order valence-electron chi connectivity index (χ3n) is 2.84. The maximum Gasteiger partial charge on any atom is 0.123 e. The lowest BCUT2D eigenvalue weighted by Gasteiger charge is -2.17. The first-order valence-corrected chi connectivity index (χ1v) is 6.05. The Hall–Kier alpha value is -1.81. The monoisotopic (exact) mass is 245 g/mol. The molecular formula is C14H16FN3. The van der Waals surface area contributed by atoms with Gasteiger partial charge in [0.05, 0.1) is 5.69 Å². The van der Waals surface area contributed by atoms with Crippen LogP contribution in [0.4, 0.5) is 4.39 Å². The fourth-order valence-electron chi connectivity index (χ4n) is 1.85. The molecule has 4 heteroatoms. The Bertz CT molecular complexity index is 470. The zero-order valence-electron chi connectivity index (χ0n) is 10.3. The number of benzene rings is 1. The molecule has 1 aromatic heterocycles. The number of nitrogens with one attached hydrogen (secondary N) is 1. The van der Waals surface area contributed by atoms with Crippen molar-refractivity contribution in [3.8, 4) is 0 Å². The molecule has 0 saturated carbocycles. The van der Waals surface area contributed by atoms with Gasteiger partial charge in [0, 0.05) is 18.8 Å². The van der Waals surface area contributed by atoms with Gasteiger partial charge in [0.25, 0.3) is 0 Å². The van der Waals surface area contributed by atoms with Gasteiger partial charge >= 0.3 is 0 Å². The second-order valence-electron chi connectivity index (χ2n) is 4.11. The Morgan fingerprint density at radius 3 is 2.61 bits per heavy atom. The lowest BCUT2D eigenvalue weighted by molar-refractivity contribution is 0.510. The maximum absolute atomic E-state index is 12.9. The number of aromatic nitrogens is 2. The summed E-state index contributed by atoms with van der Waals surface area (Å²) in [4.78, 5) is 0. The third kappa shape index (κ3) is 3.34. The van der Waals surface area contributed by atoms with Gasteiger partial charge in [0.2, 0.25) is 0 Å². The van der Waals surface area contributed by atoms with E-state index in [2.05, 4.69) is 22.4 Å². The fourth-order valence-corrected chi connectivity index (χ4v) is 1.85. The first-order valence-electron chi connectivity index (χ1n) is 6.05. The maximum atomic E-state index is 12.9. The molecule has 0 aliphatic carbocycles. The molecule has 2 rings (SSSR count). The Morgan fingerprint density at radius 2 is 2.00 bits per heavy atom. The van der Waals surface area contributed by atoms with Crippen LogP contribution in [0.25, 0.3) is 0 Å². The van der Waals surface area contributed by atoms with Gasteiger partial charge in [-0.25, -0.2) is 4.39 Å². The number of nitrogens with zero attached hydrogens (tertiary/aromatic N) is 2. The Labute approximate surface area is 106 Å². The molecule has 1 unspecified atom stereocenters. The van der Waals surface area contributed by atoms with Crippen LogP contribution in [0.15, 0.2) is 42.6 Å². The van der Waals surface area contributed by atoms with Crippen LogP contribution in [0.2, 0.25) is 0 Å². The van der Waals surface area contributed by atoms with Gasteiger partial charge < -0.3 is 5.32 Å². The molecule has 0 saturated heterocycles. The smallest absolute Gasteiger partial charge is 0.123 e. The van der Waals surface area contributed by atoms with Crippen molar-refractivity contribution in [3.63, 3.8) is 0 Å². The van der Waals surface area contributed by atoms with Crippen LogP contribution in [-0.2, 0) is 6.54 Å². The molecule has 94 valence electrons. The minimum atomic E-state index is -0.206. The van der Waals surface area contributed by atoms with Crippen LogP contribution in [-0.4, -0.2) is 10.2 Å². The van der Waals surface area contributed by atoms with E-state index in [0.29, 0.717) is 6.54 Å². The molecule has 0 aliphatic heterocycles. The van der Waals surface area contributed by atoms with Crippen LogP contribution in [0, 0.1) is 5.82 Å². The molecule has 1 heterocycles. The van der Waals surface area contributed by atoms with E-state index in [1.54, 1.807) is 6.20 Å². The Kier molecular flexibility index (Phi) is 4.36. The Balaban J connectivity index is 1.99. The van der Waals surface area contributed by atoms with Crippen molar-refractivity contribution in [1.82, 2.24) is 15.5 Å². The highest BCUT2D eigenvalue weighted by Crippen LogP contribution is 2.17. The summed E-state index contributed by atoms with van der Waals surface area (Å²) in [5.74, 6) is -0.206. The van der Waals surface area contributed by atoms with Crippen LogP contribution in [0.3, 0.4) is 0 Å². The SMILES string of the molecule is CCC(NCc1cccnn1)c1ccc(F)cc1. The van der Waals surface area contributed by atoms with Gasteiger partial charge in [-0.2, -0.15) is 10.2 Å². The van der Waals surface area contributed by atoms with Crippen molar-refractivity contribution >= 4 is 0 Å². The van der Waals surface area contributed by atoms with Gasteiger partial charge in [-0.1, -0.05) is 19.1 Å². The van der Waals surface area contributed by atoms with Crippen molar-refractivity contribution in [3.05, 3.63) is 59.7 Å². The van der Waals surface area contributed by atoms with Crippen LogP contribution in [0.5, 0.6) is 0 Å². The van der Waals surface area contributed by atoms with E-state index in [1.165, 1.54) is 12.1 Å². The summed E-state index contributed by atoms with van der Waals surface area (Å²) in [7, 11) is 0. The van der Waals surface area contributed by atoms with E-state index < -0.39 is 0 Å². The topological polar surface area (TPSA) is 37.8 Å². The summed E-state index contributed by atoms with van der Waals surface area (Å²) in [6.45, 7) is 2.75. The molecule has 0 bridgehead atoms. The van der Waals surface area contributed by atoms with Crippen molar-refractivity contribution in [2.24, 2.45) is 0 Å². The highest BCUT2D eigenvalue weighted by Gasteiger charge is 2.08. The van der Waals surface area contributed by atoms with Gasteiger partial charge in [0.15, 0.2) is 0 Å². The summed E-state index contributed by atoms with van der Waals surface area (Å²) >= 11 is 0. The lowest BCUT2D eigenvalue weighted by atomic mass is 10.0. The second-order valence-corrected chi connectivity index (χ2v) is 4.11. The van der Waals surface area contributed by atoms with Gasteiger partial charge in [-0.15, -0.1) is 0 Å². The van der Waals surface area contributed by atoms with E-state index in [4.69, 9.17) is 0 Å². The molecule has 1 aromatic carbocycles. The fraction of sp³-hybridized carbons (Fsp3) is 0.286. The number of hydrogen-bond donors (Lipinski definition) is 1. The number of hydrogen-bond acceptors (Lipinski definition) is 3. The zero-order valence-corrected chi connectivity index (χ0v) is 10.3. The van der Waals surface area contributed by atoms with Crippen LogP contribution < -0.4 is 5.32 Å². The summed E-state index contributed by atoms with van der Waals surface area (Å²) in [6, 6.07) is 10.6. The van der Waals surface area contributed by atoms with Crippen LogP contribution >= 0.6 is 0 Å². The van der Waals surface area contributed by atoms with E-state index in [0.717, 1.165) is 17.7 Å². The molecule has 1 N–H and O–H groups in total. The van der Waals surface area contributed by atoms with Gasteiger partial charge in [-0.05, 0) is 36.2 Å². The molecule has 0 aliphatic rings. The quantitative estimate of drug-likeness (QED) is 0.880. The molecule has 18 heavy (non-hydrogen) atoms. The average molecular weight is 245 g/mol. The number of rotatable bonds is 5. The zero-order chi connectivity index (χ0) is 12.8. The normalized spacial score (nSPS) is 12.3. The molecule has 1 atom stereocenters. The molecule has 3 nitrogen and oxygen atoms in total. The van der Waals surface area contributed by atoms with E-state index in [1.807, 2.05) is 24.3 Å². The molecule has 0 spiro atoms. The highest BCUT2D eigenvalue weighted by molar-refractivity contribution is 5.20.